The summed E-state index contributed by atoms with van der Waals surface area (Å²) in [6, 6.07) is 17.6. The van der Waals surface area contributed by atoms with Crippen molar-refractivity contribution in [2.24, 2.45) is 5.92 Å². The highest BCUT2D eigenvalue weighted by Gasteiger charge is 2.35. The number of halogens is 3. The molecule has 0 unspecified atom stereocenters. The molecule has 4 heteroatoms. The monoisotopic (exact) mass is 424 g/mol. The molecule has 31 heavy (non-hydrogen) atoms. The van der Waals surface area contributed by atoms with E-state index < -0.39 is 11.9 Å². The van der Waals surface area contributed by atoms with Gasteiger partial charge in [0.1, 0.15) is 11.6 Å². The third-order valence-corrected chi connectivity index (χ3v) is 6.28. The maximum atomic E-state index is 14.7. The first-order valence-electron chi connectivity index (χ1n) is 10.9. The fourth-order valence-electron chi connectivity index (χ4n) is 4.28. The molecule has 1 aliphatic rings. The second-order valence-electron chi connectivity index (χ2n) is 8.71. The number of rotatable bonds is 5. The minimum absolute atomic E-state index is 0.205. The van der Waals surface area contributed by atoms with E-state index in [1.807, 2.05) is 19.1 Å². The molecular weight excluding hydrogens is 397 g/mol. The fourth-order valence-corrected chi connectivity index (χ4v) is 4.28. The molecule has 3 aromatic carbocycles. The molecule has 0 heterocycles. The smallest absolute Gasteiger partial charge is 0.426 e. The lowest BCUT2D eigenvalue weighted by molar-refractivity contribution is -0.185. The Bertz CT molecular complexity index is 1020. The van der Waals surface area contributed by atoms with Crippen LogP contribution in [0, 0.1) is 18.7 Å². The summed E-state index contributed by atoms with van der Waals surface area (Å²) in [7, 11) is 0. The summed E-state index contributed by atoms with van der Waals surface area (Å²) in [5.41, 5.74) is 2.96. The Hall–Kier alpha value is -2.75. The molecule has 3 aromatic rings. The van der Waals surface area contributed by atoms with E-state index in [1.165, 1.54) is 37.1 Å². The van der Waals surface area contributed by atoms with Crippen LogP contribution in [0.5, 0.6) is 5.75 Å². The summed E-state index contributed by atoms with van der Waals surface area (Å²) >= 11 is 0. The Morgan fingerprint density at radius 2 is 1.48 bits per heavy atom. The zero-order valence-corrected chi connectivity index (χ0v) is 17.9. The van der Waals surface area contributed by atoms with Gasteiger partial charge in [-0.05, 0) is 67.0 Å². The normalized spacial score (nSPS) is 19.3. The number of alkyl halides is 2. The van der Waals surface area contributed by atoms with Crippen LogP contribution in [0.4, 0.5) is 13.2 Å². The summed E-state index contributed by atoms with van der Waals surface area (Å²) in [5.74, 6) is 0.372. The molecule has 0 atom stereocenters. The highest BCUT2D eigenvalue weighted by Crippen LogP contribution is 2.38. The Morgan fingerprint density at radius 3 is 2.10 bits per heavy atom. The summed E-state index contributed by atoms with van der Waals surface area (Å²) in [6.45, 7) is 4.20. The van der Waals surface area contributed by atoms with Crippen molar-refractivity contribution >= 4 is 0 Å². The Morgan fingerprint density at radius 1 is 0.839 bits per heavy atom. The van der Waals surface area contributed by atoms with Crippen LogP contribution in [0.25, 0.3) is 11.1 Å². The van der Waals surface area contributed by atoms with Crippen molar-refractivity contribution in [3.63, 3.8) is 0 Å². The van der Waals surface area contributed by atoms with Gasteiger partial charge in [0, 0.05) is 11.6 Å². The number of benzene rings is 3. The van der Waals surface area contributed by atoms with Gasteiger partial charge in [0.25, 0.3) is 0 Å². The van der Waals surface area contributed by atoms with Crippen LogP contribution in [0.3, 0.4) is 0 Å². The lowest BCUT2D eigenvalue weighted by Crippen LogP contribution is -2.22. The molecule has 1 saturated carbocycles. The van der Waals surface area contributed by atoms with Crippen molar-refractivity contribution < 1.29 is 17.9 Å². The predicted octanol–water partition coefficient (Wildman–Crippen LogP) is 8.22. The minimum Gasteiger partial charge on any atom is -0.429 e. The standard InChI is InChI=1S/C27H27F3O/c1-18-3-7-20(8-4-18)21-11-13-23(14-12-21)27(29,30)31-24-15-16-25(26(28)17-24)22-9-5-19(2)6-10-22/h5-6,9-18,20H,3-4,7-8H2,1-2H3. The average molecular weight is 425 g/mol. The van der Waals surface area contributed by atoms with Gasteiger partial charge in [-0.1, -0.05) is 61.7 Å². The minimum atomic E-state index is -3.54. The van der Waals surface area contributed by atoms with Gasteiger partial charge in [-0.15, -0.1) is 0 Å². The highest BCUT2D eigenvalue weighted by molar-refractivity contribution is 5.65. The quantitative estimate of drug-likeness (QED) is 0.401. The number of hydrogen-bond acceptors (Lipinski definition) is 1. The van der Waals surface area contributed by atoms with Gasteiger partial charge >= 0.3 is 6.11 Å². The van der Waals surface area contributed by atoms with Crippen molar-refractivity contribution in [2.75, 3.05) is 0 Å². The second-order valence-corrected chi connectivity index (χ2v) is 8.71. The molecule has 0 aliphatic heterocycles. The predicted molar refractivity (Wildman–Crippen MR) is 118 cm³/mol. The SMILES string of the molecule is Cc1ccc(-c2ccc(OC(F)(F)c3ccc(C4CCC(C)CC4)cc3)cc2F)cc1. The Kier molecular flexibility index (Phi) is 6.08. The van der Waals surface area contributed by atoms with Gasteiger partial charge < -0.3 is 4.74 Å². The van der Waals surface area contributed by atoms with Crippen molar-refractivity contribution in [3.05, 3.63) is 89.2 Å². The van der Waals surface area contributed by atoms with Crippen molar-refractivity contribution in [2.45, 2.75) is 51.6 Å². The van der Waals surface area contributed by atoms with Gasteiger partial charge in [0.2, 0.25) is 0 Å². The van der Waals surface area contributed by atoms with Crippen LogP contribution in [-0.2, 0) is 6.11 Å². The van der Waals surface area contributed by atoms with E-state index in [0.29, 0.717) is 17.0 Å². The summed E-state index contributed by atoms with van der Waals surface area (Å²) in [5, 5.41) is 0. The molecule has 1 nitrogen and oxygen atoms in total. The van der Waals surface area contributed by atoms with Gasteiger partial charge in [-0.2, -0.15) is 8.78 Å². The molecule has 0 N–H and O–H groups in total. The van der Waals surface area contributed by atoms with E-state index in [2.05, 4.69) is 6.92 Å². The van der Waals surface area contributed by atoms with E-state index in [9.17, 15) is 13.2 Å². The van der Waals surface area contributed by atoms with Crippen molar-refractivity contribution in [1.29, 1.82) is 0 Å². The van der Waals surface area contributed by atoms with Crippen LogP contribution in [-0.4, -0.2) is 0 Å². The molecule has 1 fully saturated rings. The first-order chi connectivity index (χ1) is 14.8. The summed E-state index contributed by atoms with van der Waals surface area (Å²) in [4.78, 5) is 0. The van der Waals surface area contributed by atoms with Gasteiger partial charge in [-0.3, -0.25) is 0 Å². The van der Waals surface area contributed by atoms with E-state index >= 15 is 0 Å². The Labute approximate surface area is 181 Å². The molecule has 0 saturated heterocycles. The molecule has 0 bridgehead atoms. The fraction of sp³-hybridized carbons (Fsp3) is 0.333. The molecule has 0 aromatic heterocycles. The maximum Gasteiger partial charge on any atom is 0.426 e. The molecule has 4 rings (SSSR count). The zero-order chi connectivity index (χ0) is 22.0. The van der Waals surface area contributed by atoms with E-state index in [-0.39, 0.29) is 11.3 Å². The van der Waals surface area contributed by atoms with E-state index in [1.54, 1.807) is 24.3 Å². The summed E-state index contributed by atoms with van der Waals surface area (Å²) in [6.07, 6.45) is 1.00. The van der Waals surface area contributed by atoms with Crippen LogP contribution in [0.15, 0.2) is 66.7 Å². The average Bonchev–Trinajstić information content (AvgIpc) is 2.75. The topological polar surface area (TPSA) is 9.23 Å². The molecule has 0 amide bonds. The van der Waals surface area contributed by atoms with Crippen LogP contribution < -0.4 is 4.74 Å². The molecule has 162 valence electrons. The van der Waals surface area contributed by atoms with Crippen LogP contribution >= 0.6 is 0 Å². The maximum absolute atomic E-state index is 14.7. The zero-order valence-electron chi connectivity index (χ0n) is 17.9. The van der Waals surface area contributed by atoms with Crippen LogP contribution in [0.1, 0.15) is 55.2 Å². The van der Waals surface area contributed by atoms with Gasteiger partial charge in [-0.25, -0.2) is 4.39 Å². The van der Waals surface area contributed by atoms with Gasteiger partial charge in [0.05, 0.1) is 5.56 Å². The number of hydrogen-bond donors (Lipinski definition) is 0. The molecule has 1 aliphatic carbocycles. The Balaban J connectivity index is 1.48. The summed E-state index contributed by atoms with van der Waals surface area (Å²) < 4.78 is 48.9. The van der Waals surface area contributed by atoms with Gasteiger partial charge in [0.15, 0.2) is 0 Å². The third-order valence-electron chi connectivity index (χ3n) is 6.28. The first kappa shape index (κ1) is 21.5. The molecule has 0 radical (unpaired) electrons. The van der Waals surface area contributed by atoms with E-state index in [4.69, 9.17) is 4.74 Å². The number of aryl methyl sites for hydroxylation is 1. The lowest BCUT2D eigenvalue weighted by Gasteiger charge is -2.27. The lowest BCUT2D eigenvalue weighted by atomic mass is 9.79. The van der Waals surface area contributed by atoms with E-state index in [0.717, 1.165) is 36.0 Å². The highest BCUT2D eigenvalue weighted by atomic mass is 19.3. The molecular formula is C27H27F3O. The first-order valence-corrected chi connectivity index (χ1v) is 10.9. The second kappa shape index (κ2) is 8.78. The third kappa shape index (κ3) is 4.95. The van der Waals surface area contributed by atoms with Crippen molar-refractivity contribution in [3.8, 4) is 16.9 Å². The largest absolute Gasteiger partial charge is 0.429 e. The molecule has 0 spiro atoms. The van der Waals surface area contributed by atoms with Crippen LogP contribution in [0.2, 0.25) is 0 Å². The van der Waals surface area contributed by atoms with Crippen molar-refractivity contribution in [1.82, 2.24) is 0 Å². The number of ether oxygens (including phenoxy) is 1.